The summed E-state index contributed by atoms with van der Waals surface area (Å²) in [6.07, 6.45) is 1.63. The van der Waals surface area contributed by atoms with E-state index in [1.807, 2.05) is 6.07 Å². The van der Waals surface area contributed by atoms with Gasteiger partial charge in [0.05, 0.1) is 6.54 Å². The lowest BCUT2D eigenvalue weighted by Crippen LogP contribution is -2.15. The summed E-state index contributed by atoms with van der Waals surface area (Å²) in [5, 5.41) is 3.19. The SMILES string of the molecule is Cc1cc(CNCc2nccc(N)n2)ccc1F. The van der Waals surface area contributed by atoms with Crippen LogP contribution in [0.15, 0.2) is 30.5 Å². The number of aromatic nitrogens is 2. The van der Waals surface area contributed by atoms with E-state index in [0.29, 0.717) is 30.3 Å². The number of aryl methyl sites for hydroxylation is 1. The van der Waals surface area contributed by atoms with Gasteiger partial charge < -0.3 is 11.1 Å². The molecule has 2 aromatic rings. The van der Waals surface area contributed by atoms with Gasteiger partial charge in [0.1, 0.15) is 17.5 Å². The molecule has 5 heteroatoms. The largest absolute Gasteiger partial charge is 0.384 e. The lowest BCUT2D eigenvalue weighted by molar-refractivity contribution is 0.614. The van der Waals surface area contributed by atoms with Crippen LogP contribution in [-0.4, -0.2) is 9.97 Å². The van der Waals surface area contributed by atoms with Gasteiger partial charge in [-0.1, -0.05) is 12.1 Å². The maximum Gasteiger partial charge on any atom is 0.144 e. The zero-order valence-electron chi connectivity index (χ0n) is 10.2. The van der Waals surface area contributed by atoms with Gasteiger partial charge in [-0.2, -0.15) is 0 Å². The van der Waals surface area contributed by atoms with E-state index in [1.54, 1.807) is 25.3 Å². The topological polar surface area (TPSA) is 63.8 Å². The molecule has 4 nitrogen and oxygen atoms in total. The highest BCUT2D eigenvalue weighted by molar-refractivity contribution is 5.25. The van der Waals surface area contributed by atoms with Gasteiger partial charge in [0.2, 0.25) is 0 Å². The van der Waals surface area contributed by atoms with Crippen molar-refractivity contribution in [1.82, 2.24) is 15.3 Å². The molecule has 0 unspecified atom stereocenters. The summed E-state index contributed by atoms with van der Waals surface area (Å²) < 4.78 is 13.1. The Morgan fingerprint density at radius 1 is 1.28 bits per heavy atom. The Kier molecular flexibility index (Phi) is 3.84. The summed E-state index contributed by atoms with van der Waals surface area (Å²) in [6, 6.07) is 6.70. The fraction of sp³-hybridized carbons (Fsp3) is 0.231. The first-order chi connectivity index (χ1) is 8.65. The number of nitrogens with one attached hydrogen (secondary N) is 1. The maximum absolute atomic E-state index is 13.1. The number of hydrogen-bond acceptors (Lipinski definition) is 4. The quantitative estimate of drug-likeness (QED) is 0.863. The molecular formula is C13H15FN4. The highest BCUT2D eigenvalue weighted by atomic mass is 19.1. The Bertz CT molecular complexity index is 542. The molecule has 1 heterocycles. The maximum atomic E-state index is 13.1. The molecule has 0 aliphatic heterocycles. The average molecular weight is 246 g/mol. The van der Waals surface area contributed by atoms with Crippen LogP contribution in [0.3, 0.4) is 0 Å². The number of hydrogen-bond donors (Lipinski definition) is 2. The van der Waals surface area contributed by atoms with Gasteiger partial charge in [-0.15, -0.1) is 0 Å². The molecule has 94 valence electrons. The Labute approximate surface area is 105 Å². The predicted octanol–water partition coefficient (Wildman–Crippen LogP) is 1.80. The van der Waals surface area contributed by atoms with Crippen LogP contribution in [-0.2, 0) is 13.1 Å². The summed E-state index contributed by atoms with van der Waals surface area (Å²) in [4.78, 5) is 8.17. The normalized spacial score (nSPS) is 10.6. The second-order valence-corrected chi connectivity index (χ2v) is 4.08. The molecule has 3 N–H and O–H groups in total. The molecule has 0 saturated heterocycles. The van der Waals surface area contributed by atoms with Crippen molar-refractivity contribution in [3.8, 4) is 0 Å². The van der Waals surface area contributed by atoms with Gasteiger partial charge in [-0.05, 0) is 30.2 Å². The van der Waals surface area contributed by atoms with Crippen LogP contribution in [0.25, 0.3) is 0 Å². The van der Waals surface area contributed by atoms with Crippen LogP contribution in [0.4, 0.5) is 10.2 Å². The standard InChI is InChI=1S/C13H15FN4/c1-9-6-10(2-3-11(9)14)7-16-8-13-17-5-4-12(15)18-13/h2-6,16H,7-8H2,1H3,(H2,15,17,18). The van der Waals surface area contributed by atoms with E-state index in [1.165, 1.54) is 6.07 Å². The molecule has 18 heavy (non-hydrogen) atoms. The molecule has 0 spiro atoms. The Morgan fingerprint density at radius 2 is 2.11 bits per heavy atom. The van der Waals surface area contributed by atoms with Crippen LogP contribution < -0.4 is 11.1 Å². The molecule has 2 rings (SSSR count). The number of nitrogens with two attached hydrogens (primary N) is 1. The predicted molar refractivity (Wildman–Crippen MR) is 68.1 cm³/mol. The van der Waals surface area contributed by atoms with E-state index in [9.17, 15) is 4.39 Å². The van der Waals surface area contributed by atoms with Crippen LogP contribution >= 0.6 is 0 Å². The molecular weight excluding hydrogens is 231 g/mol. The number of halogens is 1. The second-order valence-electron chi connectivity index (χ2n) is 4.08. The Balaban J connectivity index is 1.90. The van der Waals surface area contributed by atoms with E-state index < -0.39 is 0 Å². The molecule has 0 amide bonds. The Hall–Kier alpha value is -2.01. The van der Waals surface area contributed by atoms with Crippen molar-refractivity contribution in [2.75, 3.05) is 5.73 Å². The van der Waals surface area contributed by atoms with Crippen molar-refractivity contribution in [1.29, 1.82) is 0 Å². The van der Waals surface area contributed by atoms with E-state index >= 15 is 0 Å². The van der Waals surface area contributed by atoms with Crippen LogP contribution in [0.2, 0.25) is 0 Å². The average Bonchev–Trinajstić information content (AvgIpc) is 2.34. The highest BCUT2D eigenvalue weighted by Crippen LogP contribution is 2.09. The minimum atomic E-state index is -0.182. The fourth-order valence-electron chi connectivity index (χ4n) is 1.64. The van der Waals surface area contributed by atoms with Crippen molar-refractivity contribution in [2.45, 2.75) is 20.0 Å². The molecule has 0 aliphatic rings. The summed E-state index contributed by atoms with van der Waals surface area (Å²) in [7, 11) is 0. The van der Waals surface area contributed by atoms with Gasteiger partial charge in [-0.3, -0.25) is 0 Å². The van der Waals surface area contributed by atoms with Gasteiger partial charge in [0.15, 0.2) is 0 Å². The molecule has 0 saturated carbocycles. The lowest BCUT2D eigenvalue weighted by Gasteiger charge is -2.06. The Morgan fingerprint density at radius 3 is 2.83 bits per heavy atom. The molecule has 1 aromatic heterocycles. The molecule has 0 atom stereocenters. The van der Waals surface area contributed by atoms with Crippen molar-refractivity contribution in [2.24, 2.45) is 0 Å². The summed E-state index contributed by atoms with van der Waals surface area (Å²) in [5.74, 6) is 0.922. The summed E-state index contributed by atoms with van der Waals surface area (Å²) >= 11 is 0. The van der Waals surface area contributed by atoms with E-state index in [4.69, 9.17) is 5.73 Å². The summed E-state index contributed by atoms with van der Waals surface area (Å²) in [5.41, 5.74) is 7.23. The number of nitrogens with zero attached hydrogens (tertiary/aromatic N) is 2. The zero-order chi connectivity index (χ0) is 13.0. The van der Waals surface area contributed by atoms with Crippen molar-refractivity contribution in [3.63, 3.8) is 0 Å². The van der Waals surface area contributed by atoms with Crippen LogP contribution in [0, 0.1) is 12.7 Å². The van der Waals surface area contributed by atoms with E-state index in [0.717, 1.165) is 5.56 Å². The van der Waals surface area contributed by atoms with Crippen LogP contribution in [0.1, 0.15) is 17.0 Å². The first-order valence-electron chi connectivity index (χ1n) is 5.68. The highest BCUT2D eigenvalue weighted by Gasteiger charge is 2.00. The van der Waals surface area contributed by atoms with Crippen molar-refractivity contribution in [3.05, 3.63) is 53.2 Å². The minimum Gasteiger partial charge on any atom is -0.384 e. The molecule has 0 aliphatic carbocycles. The van der Waals surface area contributed by atoms with E-state index in [-0.39, 0.29) is 5.82 Å². The third-order valence-corrected chi connectivity index (χ3v) is 2.56. The number of rotatable bonds is 4. The van der Waals surface area contributed by atoms with Gasteiger partial charge in [-0.25, -0.2) is 14.4 Å². The number of anilines is 1. The first kappa shape index (κ1) is 12.4. The molecule has 0 fully saturated rings. The number of benzene rings is 1. The fourth-order valence-corrected chi connectivity index (χ4v) is 1.64. The van der Waals surface area contributed by atoms with Crippen molar-refractivity contribution < 1.29 is 4.39 Å². The van der Waals surface area contributed by atoms with Gasteiger partial charge >= 0.3 is 0 Å². The van der Waals surface area contributed by atoms with Gasteiger partial charge in [0.25, 0.3) is 0 Å². The molecule has 0 bridgehead atoms. The molecule has 0 radical (unpaired) electrons. The monoisotopic (exact) mass is 246 g/mol. The zero-order valence-corrected chi connectivity index (χ0v) is 10.2. The van der Waals surface area contributed by atoms with Gasteiger partial charge in [0, 0.05) is 12.7 Å². The smallest absolute Gasteiger partial charge is 0.144 e. The van der Waals surface area contributed by atoms with E-state index in [2.05, 4.69) is 15.3 Å². The second kappa shape index (κ2) is 5.55. The third kappa shape index (κ3) is 3.24. The number of nitrogen functional groups attached to an aromatic ring is 1. The first-order valence-corrected chi connectivity index (χ1v) is 5.68. The third-order valence-electron chi connectivity index (χ3n) is 2.56. The molecule has 1 aromatic carbocycles. The lowest BCUT2D eigenvalue weighted by atomic mass is 10.1. The summed E-state index contributed by atoms with van der Waals surface area (Å²) in [6.45, 7) is 2.92. The van der Waals surface area contributed by atoms with Crippen molar-refractivity contribution >= 4 is 5.82 Å². The van der Waals surface area contributed by atoms with Crippen LogP contribution in [0.5, 0.6) is 0 Å². The minimum absolute atomic E-state index is 0.182.